The highest BCUT2D eigenvalue weighted by molar-refractivity contribution is 5.38. The highest BCUT2D eigenvalue weighted by Crippen LogP contribution is 2.22. The molecule has 1 saturated carbocycles. The molecule has 1 aromatic carbocycles. The van der Waals surface area contributed by atoms with Crippen molar-refractivity contribution in [3.8, 4) is 11.5 Å². The molecule has 0 bridgehead atoms. The molecule has 0 aromatic heterocycles. The first-order valence-electron chi connectivity index (χ1n) is 8.08. The van der Waals surface area contributed by atoms with Gasteiger partial charge in [0.2, 0.25) is 0 Å². The lowest BCUT2D eigenvalue weighted by atomic mass is 9.94. The van der Waals surface area contributed by atoms with E-state index in [1.165, 1.54) is 38.2 Å². The molecule has 1 fully saturated rings. The van der Waals surface area contributed by atoms with Crippen molar-refractivity contribution in [2.75, 3.05) is 20.1 Å². The van der Waals surface area contributed by atoms with Crippen molar-refractivity contribution >= 4 is 0 Å². The summed E-state index contributed by atoms with van der Waals surface area (Å²) in [6.07, 6.45) is 7.99. The van der Waals surface area contributed by atoms with Gasteiger partial charge in [0.05, 0.1) is 0 Å². The number of benzene rings is 1. The molecule has 1 aliphatic rings. The van der Waals surface area contributed by atoms with E-state index in [0.717, 1.165) is 31.1 Å². The standard InChI is InChI=1S/C17H28N2O2/c1-19(15-6-3-2-4-7-15)11-5-10-18-13-14-8-9-16(20)12-17(14)21/h8-9,12,15,18,20-21H,2-7,10-11,13H2,1H3. The van der Waals surface area contributed by atoms with Crippen LogP contribution in [0.2, 0.25) is 0 Å². The Morgan fingerprint density at radius 2 is 1.95 bits per heavy atom. The maximum atomic E-state index is 9.70. The Morgan fingerprint density at radius 3 is 2.67 bits per heavy atom. The molecule has 2 rings (SSSR count). The van der Waals surface area contributed by atoms with Crippen molar-refractivity contribution in [2.45, 2.75) is 51.1 Å². The molecular weight excluding hydrogens is 264 g/mol. The van der Waals surface area contributed by atoms with Gasteiger partial charge in [-0.3, -0.25) is 0 Å². The number of nitrogens with one attached hydrogen (secondary N) is 1. The summed E-state index contributed by atoms with van der Waals surface area (Å²) >= 11 is 0. The highest BCUT2D eigenvalue weighted by atomic mass is 16.3. The average molecular weight is 292 g/mol. The summed E-state index contributed by atoms with van der Waals surface area (Å²) in [6, 6.07) is 5.52. The number of hydrogen-bond acceptors (Lipinski definition) is 4. The molecule has 21 heavy (non-hydrogen) atoms. The van der Waals surface area contributed by atoms with Crippen LogP contribution >= 0.6 is 0 Å². The SMILES string of the molecule is CN(CCCNCc1ccc(O)cc1O)C1CCCCC1. The lowest BCUT2D eigenvalue weighted by Crippen LogP contribution is -2.35. The van der Waals surface area contributed by atoms with Crippen molar-refractivity contribution in [2.24, 2.45) is 0 Å². The van der Waals surface area contributed by atoms with E-state index in [1.54, 1.807) is 12.1 Å². The number of phenols is 2. The lowest BCUT2D eigenvalue weighted by molar-refractivity contribution is 0.189. The van der Waals surface area contributed by atoms with E-state index in [4.69, 9.17) is 0 Å². The number of rotatable bonds is 7. The monoisotopic (exact) mass is 292 g/mol. The normalized spacial score (nSPS) is 16.5. The first-order chi connectivity index (χ1) is 10.2. The Labute approximate surface area is 127 Å². The molecule has 4 heteroatoms. The first-order valence-corrected chi connectivity index (χ1v) is 8.08. The third kappa shape index (κ3) is 5.21. The minimum Gasteiger partial charge on any atom is -0.508 e. The van der Waals surface area contributed by atoms with Gasteiger partial charge in [-0.1, -0.05) is 25.3 Å². The Balaban J connectivity index is 1.61. The number of nitrogens with zero attached hydrogens (tertiary/aromatic N) is 1. The van der Waals surface area contributed by atoms with E-state index in [0.29, 0.717) is 6.54 Å². The summed E-state index contributed by atoms with van der Waals surface area (Å²) in [7, 11) is 2.24. The van der Waals surface area contributed by atoms with Gasteiger partial charge in [0, 0.05) is 24.2 Å². The van der Waals surface area contributed by atoms with Gasteiger partial charge in [-0.2, -0.15) is 0 Å². The molecular formula is C17H28N2O2. The van der Waals surface area contributed by atoms with E-state index >= 15 is 0 Å². The fourth-order valence-electron chi connectivity index (χ4n) is 3.08. The molecule has 0 amide bonds. The van der Waals surface area contributed by atoms with E-state index in [1.807, 2.05) is 0 Å². The van der Waals surface area contributed by atoms with Gasteiger partial charge in [0.25, 0.3) is 0 Å². The van der Waals surface area contributed by atoms with Crippen LogP contribution < -0.4 is 5.32 Å². The maximum absolute atomic E-state index is 9.70. The Bertz CT molecular complexity index is 431. The van der Waals surface area contributed by atoms with Crippen LogP contribution in [0.15, 0.2) is 18.2 Å². The topological polar surface area (TPSA) is 55.7 Å². The van der Waals surface area contributed by atoms with Gasteiger partial charge in [0.15, 0.2) is 0 Å². The first kappa shape index (κ1) is 16.1. The summed E-state index contributed by atoms with van der Waals surface area (Å²) < 4.78 is 0. The molecule has 3 N–H and O–H groups in total. The van der Waals surface area contributed by atoms with Crippen LogP contribution in [-0.2, 0) is 6.54 Å². The second-order valence-electron chi connectivity index (χ2n) is 6.12. The molecule has 0 saturated heterocycles. The van der Waals surface area contributed by atoms with Gasteiger partial charge in [-0.05, 0) is 45.5 Å². The summed E-state index contributed by atoms with van der Waals surface area (Å²) in [5.74, 6) is 0.257. The van der Waals surface area contributed by atoms with Crippen molar-refractivity contribution in [1.29, 1.82) is 0 Å². The lowest BCUT2D eigenvalue weighted by Gasteiger charge is -2.31. The Hall–Kier alpha value is -1.26. The van der Waals surface area contributed by atoms with Crippen molar-refractivity contribution in [1.82, 2.24) is 10.2 Å². The molecule has 0 atom stereocenters. The van der Waals surface area contributed by atoms with Crippen LogP contribution in [0, 0.1) is 0 Å². The van der Waals surface area contributed by atoms with Crippen LogP contribution in [0.5, 0.6) is 11.5 Å². The largest absolute Gasteiger partial charge is 0.508 e. The second kappa shape index (κ2) is 8.25. The fraction of sp³-hybridized carbons (Fsp3) is 0.647. The minimum absolute atomic E-state index is 0.102. The van der Waals surface area contributed by atoms with Crippen molar-refractivity contribution in [3.63, 3.8) is 0 Å². The molecule has 0 heterocycles. The number of hydrogen-bond donors (Lipinski definition) is 3. The highest BCUT2D eigenvalue weighted by Gasteiger charge is 2.17. The van der Waals surface area contributed by atoms with Gasteiger partial charge in [-0.15, -0.1) is 0 Å². The van der Waals surface area contributed by atoms with E-state index in [-0.39, 0.29) is 11.5 Å². The van der Waals surface area contributed by atoms with Gasteiger partial charge < -0.3 is 20.4 Å². The summed E-state index contributed by atoms with van der Waals surface area (Å²) in [5.41, 5.74) is 0.827. The zero-order chi connectivity index (χ0) is 15.1. The molecule has 0 spiro atoms. The smallest absolute Gasteiger partial charge is 0.123 e. The molecule has 1 aromatic rings. The molecule has 1 aliphatic carbocycles. The van der Waals surface area contributed by atoms with E-state index in [2.05, 4.69) is 17.3 Å². The van der Waals surface area contributed by atoms with Crippen LogP contribution in [0.25, 0.3) is 0 Å². The van der Waals surface area contributed by atoms with Gasteiger partial charge in [0.1, 0.15) is 11.5 Å². The molecule has 118 valence electrons. The number of phenolic OH excluding ortho intramolecular Hbond substituents is 2. The van der Waals surface area contributed by atoms with Gasteiger partial charge in [-0.25, -0.2) is 0 Å². The molecule has 0 radical (unpaired) electrons. The zero-order valence-electron chi connectivity index (χ0n) is 13.0. The third-order valence-corrected chi connectivity index (χ3v) is 4.45. The van der Waals surface area contributed by atoms with E-state index < -0.39 is 0 Å². The second-order valence-corrected chi connectivity index (χ2v) is 6.12. The average Bonchev–Trinajstić information content (AvgIpc) is 2.49. The van der Waals surface area contributed by atoms with Gasteiger partial charge >= 0.3 is 0 Å². The van der Waals surface area contributed by atoms with Crippen LogP contribution in [0.4, 0.5) is 0 Å². The van der Waals surface area contributed by atoms with Crippen molar-refractivity contribution < 1.29 is 10.2 Å². The predicted molar refractivity (Wildman–Crippen MR) is 85.6 cm³/mol. The fourth-order valence-corrected chi connectivity index (χ4v) is 3.08. The Kier molecular flexibility index (Phi) is 6.33. The third-order valence-electron chi connectivity index (χ3n) is 4.45. The molecule has 4 nitrogen and oxygen atoms in total. The quantitative estimate of drug-likeness (QED) is 0.676. The zero-order valence-corrected chi connectivity index (χ0v) is 13.0. The van der Waals surface area contributed by atoms with Crippen LogP contribution in [0.1, 0.15) is 44.1 Å². The molecule has 0 unspecified atom stereocenters. The van der Waals surface area contributed by atoms with E-state index in [9.17, 15) is 10.2 Å². The van der Waals surface area contributed by atoms with Crippen LogP contribution in [0.3, 0.4) is 0 Å². The number of aromatic hydroxyl groups is 2. The van der Waals surface area contributed by atoms with Crippen molar-refractivity contribution in [3.05, 3.63) is 23.8 Å². The molecule has 0 aliphatic heterocycles. The maximum Gasteiger partial charge on any atom is 0.123 e. The summed E-state index contributed by atoms with van der Waals surface area (Å²) in [5, 5.41) is 22.3. The minimum atomic E-state index is 0.102. The van der Waals surface area contributed by atoms with Crippen LogP contribution in [-0.4, -0.2) is 41.3 Å². The predicted octanol–water partition coefficient (Wildman–Crippen LogP) is 2.84. The summed E-state index contributed by atoms with van der Waals surface area (Å²) in [4.78, 5) is 2.50. The Morgan fingerprint density at radius 1 is 1.19 bits per heavy atom. The summed E-state index contributed by atoms with van der Waals surface area (Å²) in [6.45, 7) is 2.70.